The number of carbonyl (C=O) groups is 2. The summed E-state index contributed by atoms with van der Waals surface area (Å²) in [5.74, 6) is -1.47. The van der Waals surface area contributed by atoms with Crippen LogP contribution in [0, 0.1) is 5.41 Å². The number of carboxylic acids is 1. The van der Waals surface area contributed by atoms with E-state index in [-0.39, 0.29) is 23.7 Å². The highest BCUT2D eigenvalue weighted by Gasteiger charge is 2.36. The van der Waals surface area contributed by atoms with Crippen LogP contribution in [0.4, 0.5) is 13.2 Å². The van der Waals surface area contributed by atoms with Gasteiger partial charge in [-0.25, -0.2) is 4.79 Å². The first-order chi connectivity index (χ1) is 17.3. The second-order valence-electron chi connectivity index (χ2n) is 9.10. The number of nitrogens with one attached hydrogen (secondary N) is 1. The van der Waals surface area contributed by atoms with Crippen LogP contribution in [0.5, 0.6) is 17.2 Å². The second kappa shape index (κ2) is 11.0. The number of hydrogen-bond acceptors (Lipinski definition) is 5. The second-order valence-corrected chi connectivity index (χ2v) is 9.10. The Balaban J connectivity index is 1.97. The van der Waals surface area contributed by atoms with E-state index in [1.165, 1.54) is 25.3 Å². The maximum absolute atomic E-state index is 13.3. The van der Waals surface area contributed by atoms with Crippen molar-refractivity contribution >= 4 is 22.6 Å². The molecule has 1 unspecified atom stereocenters. The Morgan fingerprint density at radius 3 is 2.19 bits per heavy atom. The van der Waals surface area contributed by atoms with Gasteiger partial charge in [0.1, 0.15) is 29.9 Å². The Bertz CT molecular complexity index is 1270. The predicted octanol–water partition coefficient (Wildman–Crippen LogP) is 5.95. The molecule has 0 aliphatic carbocycles. The number of hydrogen-bond donors (Lipinski definition) is 2. The number of ether oxygens (including phenoxy) is 3. The lowest BCUT2D eigenvalue weighted by atomic mass is 9.81. The number of carboxylic acid groups (broad SMARTS) is 1. The highest BCUT2D eigenvalue weighted by atomic mass is 19.4. The number of rotatable bonds is 10. The van der Waals surface area contributed by atoms with Crippen LogP contribution in [0.2, 0.25) is 0 Å². The molecule has 0 fully saturated rings. The molecule has 0 radical (unpaired) electrons. The summed E-state index contributed by atoms with van der Waals surface area (Å²) in [6.07, 6.45) is -4.29. The lowest BCUT2D eigenvalue weighted by Crippen LogP contribution is -2.50. The number of halogens is 3. The quantitative estimate of drug-likeness (QED) is 0.344. The predicted molar refractivity (Wildman–Crippen MR) is 131 cm³/mol. The van der Waals surface area contributed by atoms with Crippen LogP contribution >= 0.6 is 0 Å². The highest BCUT2D eigenvalue weighted by Crippen LogP contribution is 2.34. The minimum Gasteiger partial charge on any atom is -0.497 e. The third kappa shape index (κ3) is 6.84. The molecule has 0 aliphatic heterocycles. The summed E-state index contributed by atoms with van der Waals surface area (Å²) in [7, 11) is 1.49. The van der Waals surface area contributed by atoms with Gasteiger partial charge < -0.3 is 24.6 Å². The van der Waals surface area contributed by atoms with Gasteiger partial charge in [0.25, 0.3) is 5.91 Å². The molecular weight excluding hydrogens is 491 g/mol. The van der Waals surface area contributed by atoms with Gasteiger partial charge in [0, 0.05) is 5.39 Å². The zero-order chi connectivity index (χ0) is 27.4. The Labute approximate surface area is 212 Å². The smallest absolute Gasteiger partial charge is 0.497 e. The van der Waals surface area contributed by atoms with Gasteiger partial charge in [-0.2, -0.15) is 0 Å². The summed E-state index contributed by atoms with van der Waals surface area (Å²) in [5.41, 5.74) is -0.0877. The Morgan fingerprint density at radius 2 is 1.62 bits per heavy atom. The van der Waals surface area contributed by atoms with Crippen LogP contribution in [0.25, 0.3) is 10.8 Å². The maximum atomic E-state index is 13.3. The fourth-order valence-corrected chi connectivity index (χ4v) is 3.68. The minimum atomic E-state index is -4.80. The van der Waals surface area contributed by atoms with Gasteiger partial charge in [0.05, 0.1) is 12.7 Å². The van der Waals surface area contributed by atoms with Crippen molar-refractivity contribution in [2.75, 3.05) is 7.11 Å². The van der Waals surface area contributed by atoms with E-state index in [4.69, 9.17) is 9.47 Å². The van der Waals surface area contributed by atoms with E-state index in [2.05, 4.69) is 10.1 Å². The molecule has 1 amide bonds. The SMILES string of the molecule is CCC(C)(C)C(NC(=O)c1ccc2ccc(OC)cc2c1OCc1ccc(OC(F)(F)F)cc1)C(=O)O. The van der Waals surface area contributed by atoms with Crippen molar-refractivity contribution < 1.29 is 42.1 Å². The average Bonchev–Trinajstić information content (AvgIpc) is 2.84. The van der Waals surface area contributed by atoms with Crippen LogP contribution in [0.3, 0.4) is 0 Å². The summed E-state index contributed by atoms with van der Waals surface area (Å²) in [6, 6.07) is 12.5. The molecule has 0 saturated carbocycles. The molecule has 37 heavy (non-hydrogen) atoms. The first kappa shape index (κ1) is 27.6. The first-order valence-electron chi connectivity index (χ1n) is 11.5. The largest absolute Gasteiger partial charge is 0.573 e. The molecule has 198 valence electrons. The molecule has 2 N–H and O–H groups in total. The molecule has 3 aromatic carbocycles. The van der Waals surface area contributed by atoms with Crippen LogP contribution in [0.1, 0.15) is 43.1 Å². The number of alkyl halides is 3. The van der Waals surface area contributed by atoms with Gasteiger partial charge in [0.2, 0.25) is 0 Å². The van der Waals surface area contributed by atoms with Crippen LogP contribution in [-0.2, 0) is 11.4 Å². The van der Waals surface area contributed by atoms with Gasteiger partial charge in [-0.15, -0.1) is 13.2 Å². The fourth-order valence-electron chi connectivity index (χ4n) is 3.68. The maximum Gasteiger partial charge on any atom is 0.573 e. The third-order valence-electron chi connectivity index (χ3n) is 6.18. The summed E-state index contributed by atoms with van der Waals surface area (Å²) in [6.45, 7) is 5.26. The molecule has 10 heteroatoms. The number of aliphatic carboxylic acids is 1. The van der Waals surface area contributed by atoms with Crippen molar-refractivity contribution in [3.05, 3.63) is 65.7 Å². The van der Waals surface area contributed by atoms with E-state index in [0.717, 1.165) is 17.5 Å². The van der Waals surface area contributed by atoms with E-state index in [1.807, 2.05) is 6.92 Å². The van der Waals surface area contributed by atoms with E-state index < -0.39 is 29.7 Å². The molecule has 0 heterocycles. The van der Waals surface area contributed by atoms with Crippen molar-refractivity contribution in [1.82, 2.24) is 5.32 Å². The van der Waals surface area contributed by atoms with Crippen LogP contribution in [0.15, 0.2) is 54.6 Å². The molecule has 0 aromatic heterocycles. The standard InChI is InChI=1S/C27H28F3NO6/c1-5-26(2,3)23(25(33)34)31-24(32)20-13-9-17-8-12-19(35-4)14-21(17)22(20)36-15-16-6-10-18(11-7-16)37-27(28,29)30/h6-14,23H,5,15H2,1-4H3,(H,31,32)(H,33,34). The summed E-state index contributed by atoms with van der Waals surface area (Å²) < 4.78 is 52.6. The van der Waals surface area contributed by atoms with Gasteiger partial charge in [-0.1, -0.05) is 45.0 Å². The molecule has 1 atom stereocenters. The van der Waals surface area contributed by atoms with Crippen LogP contribution in [-0.4, -0.2) is 36.5 Å². The van der Waals surface area contributed by atoms with Crippen molar-refractivity contribution in [1.29, 1.82) is 0 Å². The van der Waals surface area contributed by atoms with Crippen molar-refractivity contribution in [2.24, 2.45) is 5.41 Å². The van der Waals surface area contributed by atoms with Crippen molar-refractivity contribution in [3.63, 3.8) is 0 Å². The number of methoxy groups -OCH3 is 1. The summed E-state index contributed by atoms with van der Waals surface area (Å²) >= 11 is 0. The summed E-state index contributed by atoms with van der Waals surface area (Å²) in [4.78, 5) is 25.3. The average molecular weight is 520 g/mol. The minimum absolute atomic E-state index is 0.0777. The van der Waals surface area contributed by atoms with Crippen LogP contribution < -0.4 is 19.5 Å². The molecule has 7 nitrogen and oxygen atoms in total. The lowest BCUT2D eigenvalue weighted by Gasteiger charge is -2.31. The third-order valence-corrected chi connectivity index (χ3v) is 6.18. The zero-order valence-electron chi connectivity index (χ0n) is 20.8. The molecule has 3 aromatic rings. The molecular formula is C27H28F3NO6. The van der Waals surface area contributed by atoms with Crippen molar-refractivity contribution in [3.8, 4) is 17.2 Å². The van der Waals surface area contributed by atoms with E-state index in [9.17, 15) is 27.9 Å². The lowest BCUT2D eigenvalue weighted by molar-refractivity contribution is -0.274. The fraction of sp³-hybridized carbons (Fsp3) is 0.333. The number of fused-ring (bicyclic) bond motifs is 1. The Kier molecular flexibility index (Phi) is 8.20. The van der Waals surface area contributed by atoms with Crippen molar-refractivity contribution in [2.45, 2.75) is 46.2 Å². The Morgan fingerprint density at radius 1 is 1.00 bits per heavy atom. The number of amides is 1. The number of benzene rings is 3. The molecule has 0 aliphatic rings. The van der Waals surface area contributed by atoms with E-state index in [0.29, 0.717) is 23.1 Å². The molecule has 0 bridgehead atoms. The number of carbonyl (C=O) groups excluding carboxylic acids is 1. The topological polar surface area (TPSA) is 94.1 Å². The normalized spacial score (nSPS) is 12.6. The van der Waals surface area contributed by atoms with E-state index in [1.54, 1.807) is 38.1 Å². The van der Waals surface area contributed by atoms with Gasteiger partial charge in [-0.3, -0.25) is 4.79 Å². The van der Waals surface area contributed by atoms with Gasteiger partial charge in [0.15, 0.2) is 0 Å². The molecule has 0 spiro atoms. The zero-order valence-corrected chi connectivity index (χ0v) is 20.8. The van der Waals surface area contributed by atoms with E-state index >= 15 is 0 Å². The molecule has 3 rings (SSSR count). The Hall–Kier alpha value is -3.95. The van der Waals surface area contributed by atoms with Gasteiger partial charge >= 0.3 is 12.3 Å². The van der Waals surface area contributed by atoms with Gasteiger partial charge in [-0.05, 0) is 53.1 Å². The molecule has 0 saturated heterocycles. The first-order valence-corrected chi connectivity index (χ1v) is 11.5. The highest BCUT2D eigenvalue weighted by molar-refractivity contribution is 6.05. The summed E-state index contributed by atoms with van der Waals surface area (Å²) in [5, 5.41) is 13.6. The monoisotopic (exact) mass is 519 g/mol.